The Bertz CT molecular complexity index is 733. The van der Waals surface area contributed by atoms with Crippen LogP contribution in [0.5, 0.6) is 5.75 Å². The van der Waals surface area contributed by atoms with E-state index < -0.39 is 0 Å². The summed E-state index contributed by atoms with van der Waals surface area (Å²) in [5.74, 6) is 2.13. The van der Waals surface area contributed by atoms with Gasteiger partial charge in [-0.3, -0.25) is 4.90 Å². The van der Waals surface area contributed by atoms with Gasteiger partial charge in [0.05, 0.1) is 13.2 Å². The second-order valence-electron chi connectivity index (χ2n) is 7.94. The van der Waals surface area contributed by atoms with Gasteiger partial charge in [0, 0.05) is 31.5 Å². The van der Waals surface area contributed by atoms with Gasteiger partial charge in [0.25, 0.3) is 0 Å². The van der Waals surface area contributed by atoms with Crippen molar-refractivity contribution in [1.29, 1.82) is 0 Å². The second kappa shape index (κ2) is 8.03. The van der Waals surface area contributed by atoms with E-state index in [1.807, 2.05) is 13.1 Å². The fraction of sp³-hybridized carbons (Fsp3) is 0.591. The third kappa shape index (κ3) is 4.04. The molecule has 1 saturated carbocycles. The number of benzene rings is 1. The normalized spacial score (nSPS) is 20.9. The first kappa shape index (κ1) is 18.5. The summed E-state index contributed by atoms with van der Waals surface area (Å²) in [7, 11) is 0. The van der Waals surface area contributed by atoms with Crippen molar-refractivity contribution >= 4 is 0 Å². The zero-order valence-electron chi connectivity index (χ0n) is 16.7. The van der Waals surface area contributed by atoms with Crippen molar-refractivity contribution in [3.8, 4) is 5.75 Å². The Hall–Kier alpha value is -1.85. The summed E-state index contributed by atoms with van der Waals surface area (Å²) in [5.41, 5.74) is 1.88. The minimum Gasteiger partial charge on any atom is -0.494 e. The summed E-state index contributed by atoms with van der Waals surface area (Å²) < 4.78 is 7.86. The van der Waals surface area contributed by atoms with E-state index >= 15 is 0 Å². The highest BCUT2D eigenvalue weighted by Crippen LogP contribution is 2.56. The van der Waals surface area contributed by atoms with Gasteiger partial charge in [0.2, 0.25) is 0 Å². The highest BCUT2D eigenvalue weighted by molar-refractivity contribution is 5.27. The van der Waals surface area contributed by atoms with Crippen molar-refractivity contribution in [3.05, 3.63) is 48.0 Å². The van der Waals surface area contributed by atoms with Crippen molar-refractivity contribution in [2.24, 2.45) is 5.41 Å². The first-order valence-electron chi connectivity index (χ1n) is 10.4. The Morgan fingerprint density at radius 2 is 1.96 bits per heavy atom. The van der Waals surface area contributed by atoms with Crippen LogP contribution >= 0.6 is 0 Å². The lowest BCUT2D eigenvalue weighted by Crippen LogP contribution is -2.36. The zero-order valence-corrected chi connectivity index (χ0v) is 16.7. The van der Waals surface area contributed by atoms with Crippen LogP contribution in [0, 0.1) is 5.41 Å². The molecule has 1 spiro atoms. The van der Waals surface area contributed by atoms with Gasteiger partial charge in [-0.2, -0.15) is 0 Å². The van der Waals surface area contributed by atoms with Crippen LogP contribution in [0.25, 0.3) is 0 Å². The molecule has 27 heavy (non-hydrogen) atoms. The molecular weight excluding hydrogens is 336 g/mol. The Kier molecular flexibility index (Phi) is 5.50. The highest BCUT2D eigenvalue weighted by atomic mass is 16.5. The molecule has 1 N–H and O–H groups in total. The van der Waals surface area contributed by atoms with E-state index in [1.165, 1.54) is 30.7 Å². The quantitative estimate of drug-likeness (QED) is 0.775. The van der Waals surface area contributed by atoms with Crippen molar-refractivity contribution in [1.82, 2.24) is 19.8 Å². The number of piperidine rings is 1. The van der Waals surface area contributed by atoms with Gasteiger partial charge in [-0.05, 0) is 69.3 Å². The summed E-state index contributed by atoms with van der Waals surface area (Å²) >= 11 is 0. The molecule has 4 rings (SSSR count). The summed E-state index contributed by atoms with van der Waals surface area (Å²) in [5, 5.41) is 3.52. The predicted molar refractivity (Wildman–Crippen MR) is 108 cm³/mol. The molecule has 5 heteroatoms. The third-order valence-corrected chi connectivity index (χ3v) is 6.29. The maximum atomic E-state index is 5.60. The van der Waals surface area contributed by atoms with Crippen LogP contribution in [-0.2, 0) is 19.6 Å². The van der Waals surface area contributed by atoms with E-state index in [-0.39, 0.29) is 0 Å². The van der Waals surface area contributed by atoms with Crippen molar-refractivity contribution in [3.63, 3.8) is 0 Å². The molecule has 0 radical (unpaired) electrons. The van der Waals surface area contributed by atoms with Crippen LogP contribution < -0.4 is 10.1 Å². The second-order valence-corrected chi connectivity index (χ2v) is 7.94. The molecule has 0 bridgehead atoms. The topological polar surface area (TPSA) is 42.3 Å². The van der Waals surface area contributed by atoms with Crippen LogP contribution in [0.1, 0.15) is 44.5 Å². The minimum absolute atomic E-state index is 0.528. The lowest BCUT2D eigenvalue weighted by atomic mass is 9.93. The maximum Gasteiger partial charge on any atom is 0.122 e. The largest absolute Gasteiger partial charge is 0.494 e. The number of rotatable bonds is 8. The van der Waals surface area contributed by atoms with Gasteiger partial charge in [-0.25, -0.2) is 4.98 Å². The van der Waals surface area contributed by atoms with Gasteiger partial charge in [-0.1, -0.05) is 12.1 Å². The van der Waals surface area contributed by atoms with Crippen LogP contribution in [0.3, 0.4) is 0 Å². The SMILES string of the molecule is CCOc1ccc(CN(Cc2nccn2CC)[C@@H]2CC23CCNCC3)cc1. The van der Waals surface area contributed by atoms with E-state index in [2.05, 4.69) is 57.2 Å². The number of aryl methyl sites for hydroxylation is 1. The molecule has 146 valence electrons. The van der Waals surface area contributed by atoms with Gasteiger partial charge in [0.15, 0.2) is 0 Å². The molecule has 1 aliphatic heterocycles. The molecule has 1 aliphatic carbocycles. The van der Waals surface area contributed by atoms with Crippen LogP contribution in [-0.4, -0.2) is 40.2 Å². The van der Waals surface area contributed by atoms with E-state index in [0.717, 1.165) is 38.5 Å². The van der Waals surface area contributed by atoms with E-state index in [1.54, 1.807) is 0 Å². The Morgan fingerprint density at radius 3 is 2.67 bits per heavy atom. The molecule has 1 aromatic carbocycles. The summed E-state index contributed by atoms with van der Waals surface area (Å²) in [4.78, 5) is 7.30. The molecule has 1 atom stereocenters. The fourth-order valence-corrected chi connectivity index (χ4v) is 4.63. The van der Waals surface area contributed by atoms with Gasteiger partial charge in [-0.15, -0.1) is 0 Å². The lowest BCUT2D eigenvalue weighted by Gasteiger charge is -2.29. The molecule has 1 aromatic heterocycles. The highest BCUT2D eigenvalue weighted by Gasteiger charge is 2.56. The van der Waals surface area contributed by atoms with Crippen molar-refractivity contribution in [2.45, 2.75) is 58.8 Å². The van der Waals surface area contributed by atoms with Crippen LogP contribution in [0.4, 0.5) is 0 Å². The number of hydrogen-bond donors (Lipinski definition) is 1. The Morgan fingerprint density at radius 1 is 1.19 bits per heavy atom. The Labute approximate surface area is 162 Å². The molecule has 2 aromatic rings. The number of hydrogen-bond acceptors (Lipinski definition) is 4. The lowest BCUT2D eigenvalue weighted by molar-refractivity contribution is 0.182. The zero-order chi connectivity index (χ0) is 18.7. The number of imidazole rings is 1. The molecule has 2 fully saturated rings. The molecule has 2 aliphatic rings. The van der Waals surface area contributed by atoms with Gasteiger partial charge in [0.1, 0.15) is 11.6 Å². The first-order valence-corrected chi connectivity index (χ1v) is 10.4. The number of nitrogens with zero attached hydrogens (tertiary/aromatic N) is 3. The molecule has 0 amide bonds. The van der Waals surface area contributed by atoms with Crippen LogP contribution in [0.2, 0.25) is 0 Å². The monoisotopic (exact) mass is 368 g/mol. The van der Waals surface area contributed by atoms with Gasteiger partial charge >= 0.3 is 0 Å². The van der Waals surface area contributed by atoms with E-state index in [9.17, 15) is 0 Å². The molecule has 1 saturated heterocycles. The predicted octanol–water partition coefficient (Wildman–Crippen LogP) is 3.45. The molecule has 2 heterocycles. The summed E-state index contributed by atoms with van der Waals surface area (Å²) in [6.45, 7) is 10.1. The number of nitrogens with one attached hydrogen (secondary N) is 1. The Balaban J connectivity index is 1.51. The first-order chi connectivity index (χ1) is 13.2. The van der Waals surface area contributed by atoms with E-state index in [4.69, 9.17) is 4.74 Å². The summed E-state index contributed by atoms with van der Waals surface area (Å²) in [6.07, 6.45) is 7.97. The molecular formula is C22H32N4O. The standard InChI is InChI=1S/C22H32N4O/c1-3-25-14-13-24-21(25)17-26(20-15-22(20)9-11-23-12-10-22)16-18-5-7-19(8-6-18)27-4-2/h5-8,13-14,20,23H,3-4,9-12,15-17H2,1-2H3/t20-/m1/s1. The van der Waals surface area contributed by atoms with Crippen molar-refractivity contribution in [2.75, 3.05) is 19.7 Å². The number of ether oxygens (including phenoxy) is 1. The number of aromatic nitrogens is 2. The fourth-order valence-electron chi connectivity index (χ4n) is 4.63. The van der Waals surface area contributed by atoms with Gasteiger partial charge < -0.3 is 14.6 Å². The minimum atomic E-state index is 0.528. The third-order valence-electron chi connectivity index (χ3n) is 6.29. The molecule has 0 unspecified atom stereocenters. The average molecular weight is 369 g/mol. The van der Waals surface area contributed by atoms with Crippen molar-refractivity contribution < 1.29 is 4.74 Å². The summed E-state index contributed by atoms with van der Waals surface area (Å²) in [6, 6.07) is 9.28. The molecule has 5 nitrogen and oxygen atoms in total. The maximum absolute atomic E-state index is 5.60. The average Bonchev–Trinajstić information content (AvgIpc) is 3.18. The van der Waals surface area contributed by atoms with E-state index in [0.29, 0.717) is 18.1 Å². The van der Waals surface area contributed by atoms with Crippen LogP contribution in [0.15, 0.2) is 36.7 Å². The smallest absolute Gasteiger partial charge is 0.122 e.